The number of hydrazone groups is 1. The Morgan fingerprint density at radius 2 is 2.64 bits per heavy atom. The van der Waals surface area contributed by atoms with Gasteiger partial charge in [-0.25, -0.2) is 0 Å². The van der Waals surface area contributed by atoms with E-state index < -0.39 is 0 Å². The van der Waals surface area contributed by atoms with Crippen molar-refractivity contribution < 1.29 is 0 Å². The number of rotatable bonds is 2. The molecule has 5 heteroatoms. The second kappa shape index (κ2) is 4.05. The molecule has 0 saturated heterocycles. The number of thiocarbonyl (C=S) groups is 1. The molecule has 3 N–H and O–H groups in total. The third-order valence-corrected chi connectivity index (χ3v) is 1.81. The third-order valence-electron chi connectivity index (χ3n) is 0.910. The van der Waals surface area contributed by atoms with Crippen LogP contribution in [0.2, 0.25) is 0 Å². The molecule has 0 spiro atoms. The molecule has 1 aromatic heterocycles. The summed E-state index contributed by atoms with van der Waals surface area (Å²) >= 11 is 6.15. The fourth-order valence-corrected chi connectivity index (χ4v) is 1.16. The molecule has 0 fully saturated rings. The van der Waals surface area contributed by atoms with Gasteiger partial charge in [0, 0.05) is 4.88 Å². The van der Waals surface area contributed by atoms with E-state index in [9.17, 15) is 0 Å². The summed E-state index contributed by atoms with van der Waals surface area (Å²) in [6.07, 6.45) is 1.67. The van der Waals surface area contributed by atoms with E-state index in [4.69, 9.17) is 5.73 Å². The van der Waals surface area contributed by atoms with Crippen molar-refractivity contribution in [2.75, 3.05) is 0 Å². The van der Waals surface area contributed by atoms with Crippen molar-refractivity contribution in [2.45, 2.75) is 0 Å². The van der Waals surface area contributed by atoms with Crippen LogP contribution >= 0.6 is 23.6 Å². The molecule has 0 radical (unpaired) electrons. The molecular formula is C6H7N3S2. The van der Waals surface area contributed by atoms with Gasteiger partial charge >= 0.3 is 0 Å². The van der Waals surface area contributed by atoms with E-state index in [1.165, 1.54) is 0 Å². The van der Waals surface area contributed by atoms with Crippen LogP contribution in [0.1, 0.15) is 4.88 Å². The maximum absolute atomic E-state index is 5.14. The van der Waals surface area contributed by atoms with Gasteiger partial charge in [0.05, 0.1) is 6.21 Å². The first kappa shape index (κ1) is 8.16. The predicted molar refractivity (Wildman–Crippen MR) is 51.8 cm³/mol. The SMILES string of the molecule is NC(=S)N/N=C\c1cccs1. The molecule has 0 unspecified atom stereocenters. The van der Waals surface area contributed by atoms with Crippen molar-refractivity contribution >= 4 is 34.9 Å². The topological polar surface area (TPSA) is 50.4 Å². The van der Waals surface area contributed by atoms with Crippen LogP contribution in [0, 0.1) is 0 Å². The number of hydrogen-bond acceptors (Lipinski definition) is 3. The lowest BCUT2D eigenvalue weighted by Crippen LogP contribution is -2.23. The van der Waals surface area contributed by atoms with Crippen LogP contribution in [0.4, 0.5) is 0 Å². The average Bonchev–Trinajstić information content (AvgIpc) is 2.39. The summed E-state index contributed by atoms with van der Waals surface area (Å²) in [6.45, 7) is 0. The lowest BCUT2D eigenvalue weighted by atomic mass is 10.5. The van der Waals surface area contributed by atoms with E-state index in [-0.39, 0.29) is 5.11 Å². The van der Waals surface area contributed by atoms with E-state index in [0.717, 1.165) is 4.88 Å². The smallest absolute Gasteiger partial charge is 0.184 e. The van der Waals surface area contributed by atoms with Gasteiger partial charge in [-0.05, 0) is 23.7 Å². The van der Waals surface area contributed by atoms with Gasteiger partial charge in [0.15, 0.2) is 5.11 Å². The molecule has 1 aromatic rings. The Morgan fingerprint density at radius 1 is 1.82 bits per heavy atom. The lowest BCUT2D eigenvalue weighted by molar-refractivity contribution is 1.04. The van der Waals surface area contributed by atoms with Crippen LogP contribution in [0.5, 0.6) is 0 Å². The predicted octanol–water partition coefficient (Wildman–Crippen LogP) is 0.915. The van der Waals surface area contributed by atoms with Crippen LogP contribution in [0.15, 0.2) is 22.6 Å². The highest BCUT2D eigenvalue weighted by Crippen LogP contribution is 2.03. The fraction of sp³-hybridized carbons (Fsp3) is 0. The molecule has 0 atom stereocenters. The highest BCUT2D eigenvalue weighted by atomic mass is 32.1. The van der Waals surface area contributed by atoms with E-state index in [0.29, 0.717) is 0 Å². The van der Waals surface area contributed by atoms with E-state index >= 15 is 0 Å². The van der Waals surface area contributed by atoms with Gasteiger partial charge in [0.1, 0.15) is 0 Å². The van der Waals surface area contributed by atoms with E-state index in [1.54, 1.807) is 17.6 Å². The van der Waals surface area contributed by atoms with E-state index in [2.05, 4.69) is 22.7 Å². The minimum absolute atomic E-state index is 0.179. The Hall–Kier alpha value is -0.940. The van der Waals surface area contributed by atoms with Gasteiger partial charge in [-0.3, -0.25) is 5.43 Å². The second-order valence-electron chi connectivity index (χ2n) is 1.75. The van der Waals surface area contributed by atoms with Crippen LogP contribution in [-0.4, -0.2) is 11.3 Å². The maximum Gasteiger partial charge on any atom is 0.184 e. The van der Waals surface area contributed by atoms with Crippen molar-refractivity contribution in [1.29, 1.82) is 0 Å². The van der Waals surface area contributed by atoms with Gasteiger partial charge in [-0.1, -0.05) is 6.07 Å². The minimum atomic E-state index is 0.179. The molecule has 0 aliphatic rings. The standard InChI is InChI=1S/C6H7N3S2/c7-6(10)9-8-4-5-2-1-3-11-5/h1-4H,(H3,7,9,10)/b8-4-. The monoisotopic (exact) mass is 185 g/mol. The Morgan fingerprint density at radius 3 is 3.18 bits per heavy atom. The first-order valence-corrected chi connectivity index (χ1v) is 4.20. The van der Waals surface area contributed by atoms with Crippen LogP contribution < -0.4 is 11.2 Å². The molecule has 0 aliphatic carbocycles. The molecular weight excluding hydrogens is 178 g/mol. The fourth-order valence-electron chi connectivity index (χ4n) is 0.524. The average molecular weight is 185 g/mol. The van der Waals surface area contributed by atoms with Crippen molar-refractivity contribution in [1.82, 2.24) is 5.43 Å². The normalized spacial score (nSPS) is 10.2. The zero-order valence-corrected chi connectivity index (χ0v) is 7.28. The Labute approximate surface area is 73.9 Å². The molecule has 1 heterocycles. The molecule has 58 valence electrons. The number of nitrogens with two attached hydrogens (primary N) is 1. The Balaban J connectivity index is 2.43. The number of nitrogens with zero attached hydrogens (tertiary/aromatic N) is 1. The summed E-state index contributed by atoms with van der Waals surface area (Å²) in [6, 6.07) is 3.90. The van der Waals surface area contributed by atoms with Crippen molar-refractivity contribution in [3.8, 4) is 0 Å². The summed E-state index contributed by atoms with van der Waals surface area (Å²) in [5.41, 5.74) is 7.61. The third kappa shape index (κ3) is 3.10. The number of thiophene rings is 1. The molecule has 0 amide bonds. The first-order chi connectivity index (χ1) is 5.29. The second-order valence-corrected chi connectivity index (χ2v) is 3.17. The summed E-state index contributed by atoms with van der Waals surface area (Å²) < 4.78 is 0. The molecule has 0 bridgehead atoms. The van der Waals surface area contributed by atoms with Gasteiger partial charge in [0.25, 0.3) is 0 Å². The Bertz CT molecular complexity index is 253. The van der Waals surface area contributed by atoms with Crippen molar-refractivity contribution in [2.24, 2.45) is 10.8 Å². The van der Waals surface area contributed by atoms with Crippen LogP contribution in [0.3, 0.4) is 0 Å². The summed E-state index contributed by atoms with van der Waals surface area (Å²) in [7, 11) is 0. The molecule has 0 aromatic carbocycles. The van der Waals surface area contributed by atoms with Crippen LogP contribution in [-0.2, 0) is 0 Å². The quantitative estimate of drug-likeness (QED) is 0.409. The van der Waals surface area contributed by atoms with E-state index in [1.807, 2.05) is 17.5 Å². The largest absolute Gasteiger partial charge is 0.375 e. The van der Waals surface area contributed by atoms with Crippen LogP contribution in [0.25, 0.3) is 0 Å². The maximum atomic E-state index is 5.14. The molecule has 11 heavy (non-hydrogen) atoms. The lowest BCUT2D eigenvalue weighted by Gasteiger charge is -1.91. The zero-order chi connectivity index (χ0) is 8.10. The van der Waals surface area contributed by atoms with Gasteiger partial charge < -0.3 is 5.73 Å². The summed E-state index contributed by atoms with van der Waals surface area (Å²) in [5, 5.41) is 5.94. The molecule has 1 rings (SSSR count). The number of hydrogen-bond donors (Lipinski definition) is 2. The Kier molecular flexibility index (Phi) is 3.00. The number of nitrogens with one attached hydrogen (secondary N) is 1. The zero-order valence-electron chi connectivity index (χ0n) is 5.65. The molecule has 3 nitrogen and oxygen atoms in total. The van der Waals surface area contributed by atoms with Gasteiger partial charge in [-0.15, -0.1) is 11.3 Å². The highest BCUT2D eigenvalue weighted by molar-refractivity contribution is 7.80. The van der Waals surface area contributed by atoms with Gasteiger partial charge in [-0.2, -0.15) is 5.10 Å². The molecule has 0 aliphatic heterocycles. The minimum Gasteiger partial charge on any atom is -0.375 e. The summed E-state index contributed by atoms with van der Waals surface area (Å²) in [4.78, 5) is 1.06. The first-order valence-electron chi connectivity index (χ1n) is 2.91. The van der Waals surface area contributed by atoms with Crippen molar-refractivity contribution in [3.63, 3.8) is 0 Å². The summed E-state index contributed by atoms with van der Waals surface area (Å²) in [5.74, 6) is 0. The van der Waals surface area contributed by atoms with Crippen molar-refractivity contribution in [3.05, 3.63) is 22.4 Å². The highest BCUT2D eigenvalue weighted by Gasteiger charge is 1.85. The molecule has 0 saturated carbocycles. The van der Waals surface area contributed by atoms with Gasteiger partial charge in [0.2, 0.25) is 0 Å².